The highest BCUT2D eigenvalue weighted by molar-refractivity contribution is 7.16. The van der Waals surface area contributed by atoms with E-state index in [0.717, 1.165) is 17.7 Å². The molecule has 0 unspecified atom stereocenters. The molecule has 0 aliphatic rings. The van der Waals surface area contributed by atoms with Gasteiger partial charge in [0.2, 0.25) is 5.91 Å². The SMILES string of the molecule is CCCOc1ccc(NC(=O)/C=C/c2ccc(-c3ccccc3CC)s2)cc1Cl. The van der Waals surface area contributed by atoms with Crippen molar-refractivity contribution in [1.29, 1.82) is 0 Å². The van der Waals surface area contributed by atoms with Gasteiger partial charge in [-0.3, -0.25) is 4.79 Å². The molecule has 0 atom stereocenters. The standard InChI is InChI=1S/C24H24ClNO2S/c1-3-15-28-22-12-9-18(16-21(22)25)26-24(27)14-11-19-10-13-23(29-19)20-8-6-5-7-17(20)4-2/h5-14,16H,3-4,15H2,1-2H3,(H,26,27)/b14-11+. The monoisotopic (exact) mass is 425 g/mol. The third kappa shape index (κ3) is 5.72. The number of nitrogens with one attached hydrogen (secondary N) is 1. The predicted molar refractivity (Wildman–Crippen MR) is 124 cm³/mol. The van der Waals surface area contributed by atoms with Gasteiger partial charge in [0.05, 0.1) is 11.6 Å². The highest BCUT2D eigenvalue weighted by atomic mass is 35.5. The zero-order valence-corrected chi connectivity index (χ0v) is 18.1. The lowest BCUT2D eigenvalue weighted by molar-refractivity contribution is -0.111. The van der Waals surface area contributed by atoms with E-state index in [1.807, 2.05) is 19.1 Å². The zero-order chi connectivity index (χ0) is 20.6. The number of thiophene rings is 1. The van der Waals surface area contributed by atoms with Gasteiger partial charge in [0, 0.05) is 21.5 Å². The maximum absolute atomic E-state index is 12.3. The molecule has 0 aliphatic carbocycles. The molecule has 3 rings (SSSR count). The number of anilines is 1. The van der Waals surface area contributed by atoms with Crippen molar-refractivity contribution in [3.63, 3.8) is 0 Å². The van der Waals surface area contributed by atoms with Crippen LogP contribution in [0.25, 0.3) is 16.5 Å². The van der Waals surface area contributed by atoms with Crippen molar-refractivity contribution in [2.75, 3.05) is 11.9 Å². The summed E-state index contributed by atoms with van der Waals surface area (Å²) < 4.78 is 5.55. The summed E-state index contributed by atoms with van der Waals surface area (Å²) in [6.45, 7) is 4.81. The lowest BCUT2D eigenvalue weighted by Gasteiger charge is -2.08. The van der Waals surface area contributed by atoms with Crippen LogP contribution in [0.2, 0.25) is 5.02 Å². The summed E-state index contributed by atoms with van der Waals surface area (Å²) in [5, 5.41) is 3.32. The van der Waals surface area contributed by atoms with Gasteiger partial charge in [0.15, 0.2) is 0 Å². The minimum Gasteiger partial charge on any atom is -0.492 e. The summed E-state index contributed by atoms with van der Waals surface area (Å²) in [4.78, 5) is 14.5. The largest absolute Gasteiger partial charge is 0.492 e. The third-order valence-corrected chi connectivity index (χ3v) is 5.73. The number of hydrogen-bond acceptors (Lipinski definition) is 3. The van der Waals surface area contributed by atoms with Crippen LogP contribution in [0.3, 0.4) is 0 Å². The second-order valence-electron chi connectivity index (χ2n) is 6.53. The summed E-state index contributed by atoms with van der Waals surface area (Å²) in [5.74, 6) is 0.424. The van der Waals surface area contributed by atoms with Gasteiger partial charge in [-0.15, -0.1) is 11.3 Å². The van der Waals surface area contributed by atoms with Crippen molar-refractivity contribution < 1.29 is 9.53 Å². The average molecular weight is 426 g/mol. The van der Waals surface area contributed by atoms with E-state index in [1.165, 1.54) is 22.1 Å². The molecule has 0 saturated carbocycles. The molecule has 3 nitrogen and oxygen atoms in total. The number of carbonyl (C=O) groups is 1. The number of aryl methyl sites for hydroxylation is 1. The van der Waals surface area contributed by atoms with Crippen LogP contribution in [-0.4, -0.2) is 12.5 Å². The first-order valence-electron chi connectivity index (χ1n) is 9.70. The van der Waals surface area contributed by atoms with Crippen LogP contribution < -0.4 is 10.1 Å². The van der Waals surface area contributed by atoms with Crippen molar-refractivity contribution in [2.45, 2.75) is 26.7 Å². The predicted octanol–water partition coefficient (Wildman–Crippen LogP) is 7.07. The molecule has 0 radical (unpaired) electrons. The summed E-state index contributed by atoms with van der Waals surface area (Å²) in [6, 6.07) is 17.8. The molecule has 1 amide bonds. The number of halogens is 1. The van der Waals surface area contributed by atoms with Crippen molar-refractivity contribution >= 4 is 40.6 Å². The quantitative estimate of drug-likeness (QED) is 0.392. The number of carbonyl (C=O) groups excluding carboxylic acids is 1. The highest BCUT2D eigenvalue weighted by Crippen LogP contribution is 2.32. The van der Waals surface area contributed by atoms with E-state index < -0.39 is 0 Å². The summed E-state index contributed by atoms with van der Waals surface area (Å²) in [5.41, 5.74) is 3.22. The van der Waals surface area contributed by atoms with Gasteiger partial charge in [-0.05, 0) is 60.4 Å². The van der Waals surface area contributed by atoms with E-state index >= 15 is 0 Å². The molecule has 0 aliphatic heterocycles. The minimum atomic E-state index is -0.202. The van der Waals surface area contributed by atoms with E-state index in [1.54, 1.807) is 29.5 Å². The van der Waals surface area contributed by atoms with E-state index in [0.29, 0.717) is 23.1 Å². The third-order valence-electron chi connectivity index (χ3n) is 4.35. The smallest absolute Gasteiger partial charge is 0.248 e. The average Bonchev–Trinajstić information content (AvgIpc) is 3.20. The first-order valence-corrected chi connectivity index (χ1v) is 10.9. The molecule has 0 bridgehead atoms. The molecule has 150 valence electrons. The molecule has 0 saturated heterocycles. The van der Waals surface area contributed by atoms with Gasteiger partial charge in [-0.2, -0.15) is 0 Å². The fourth-order valence-electron chi connectivity index (χ4n) is 2.91. The van der Waals surface area contributed by atoms with E-state index in [4.69, 9.17) is 16.3 Å². The van der Waals surface area contributed by atoms with Crippen molar-refractivity contribution in [3.8, 4) is 16.2 Å². The molecular weight excluding hydrogens is 402 g/mol. The Kier molecular flexibility index (Phi) is 7.50. The number of ether oxygens (including phenoxy) is 1. The molecule has 1 heterocycles. The Bertz CT molecular complexity index is 1010. The number of benzene rings is 2. The molecule has 1 N–H and O–H groups in total. The molecule has 29 heavy (non-hydrogen) atoms. The van der Waals surface area contributed by atoms with Crippen molar-refractivity contribution in [3.05, 3.63) is 76.1 Å². The number of rotatable bonds is 8. The van der Waals surface area contributed by atoms with Crippen LogP contribution in [-0.2, 0) is 11.2 Å². The topological polar surface area (TPSA) is 38.3 Å². The van der Waals surface area contributed by atoms with Gasteiger partial charge < -0.3 is 10.1 Å². The van der Waals surface area contributed by atoms with Crippen molar-refractivity contribution in [2.24, 2.45) is 0 Å². The Morgan fingerprint density at radius 3 is 2.72 bits per heavy atom. The van der Waals surface area contributed by atoms with Crippen molar-refractivity contribution in [1.82, 2.24) is 0 Å². The molecule has 5 heteroatoms. The Morgan fingerprint density at radius 2 is 1.97 bits per heavy atom. The fraction of sp³-hybridized carbons (Fsp3) is 0.208. The lowest BCUT2D eigenvalue weighted by atomic mass is 10.0. The first-order chi connectivity index (χ1) is 14.1. The minimum absolute atomic E-state index is 0.202. The molecule has 2 aromatic carbocycles. The van der Waals surface area contributed by atoms with Gasteiger partial charge in [-0.1, -0.05) is 49.7 Å². The van der Waals surface area contributed by atoms with Gasteiger partial charge in [0.1, 0.15) is 5.75 Å². The Hall–Kier alpha value is -2.56. The Morgan fingerprint density at radius 1 is 1.14 bits per heavy atom. The summed E-state index contributed by atoms with van der Waals surface area (Å²) in [6.07, 6.45) is 5.27. The Labute approximate surface area is 181 Å². The fourth-order valence-corrected chi connectivity index (χ4v) is 4.11. The van der Waals surface area contributed by atoms with Crippen LogP contribution in [0, 0.1) is 0 Å². The molecule has 0 fully saturated rings. The van der Waals surface area contributed by atoms with Crippen LogP contribution >= 0.6 is 22.9 Å². The van der Waals surface area contributed by atoms with Gasteiger partial charge >= 0.3 is 0 Å². The van der Waals surface area contributed by atoms with Gasteiger partial charge in [0.25, 0.3) is 0 Å². The van der Waals surface area contributed by atoms with E-state index in [2.05, 4.69) is 42.6 Å². The molecule has 1 aromatic heterocycles. The second-order valence-corrected chi connectivity index (χ2v) is 8.05. The summed E-state index contributed by atoms with van der Waals surface area (Å²) in [7, 11) is 0. The van der Waals surface area contributed by atoms with Crippen LogP contribution in [0.15, 0.2) is 60.7 Å². The van der Waals surface area contributed by atoms with E-state index in [9.17, 15) is 4.79 Å². The molecule has 0 spiro atoms. The van der Waals surface area contributed by atoms with E-state index in [-0.39, 0.29) is 5.91 Å². The maximum atomic E-state index is 12.3. The molecule has 3 aromatic rings. The van der Waals surface area contributed by atoms with Crippen LogP contribution in [0.4, 0.5) is 5.69 Å². The zero-order valence-electron chi connectivity index (χ0n) is 16.6. The normalized spacial score (nSPS) is 11.0. The summed E-state index contributed by atoms with van der Waals surface area (Å²) >= 11 is 7.89. The van der Waals surface area contributed by atoms with Crippen LogP contribution in [0.1, 0.15) is 30.7 Å². The number of amides is 1. The van der Waals surface area contributed by atoms with Gasteiger partial charge in [-0.25, -0.2) is 0 Å². The van der Waals surface area contributed by atoms with Crippen LogP contribution in [0.5, 0.6) is 5.75 Å². The maximum Gasteiger partial charge on any atom is 0.248 e. The number of hydrogen-bond donors (Lipinski definition) is 1. The second kappa shape index (κ2) is 10.3. The Balaban J connectivity index is 1.64. The highest BCUT2D eigenvalue weighted by Gasteiger charge is 2.07. The first kappa shape index (κ1) is 21.2. The molecular formula is C24H24ClNO2S. The lowest BCUT2D eigenvalue weighted by Crippen LogP contribution is -2.07.